The number of hydrogen-bond donors (Lipinski definition) is 1. The summed E-state index contributed by atoms with van der Waals surface area (Å²) in [6.07, 6.45) is 2.43. The Labute approximate surface area is 105 Å². The van der Waals surface area contributed by atoms with Crippen LogP contribution in [0, 0.1) is 0 Å². The van der Waals surface area contributed by atoms with Crippen molar-refractivity contribution in [3.05, 3.63) is 24.2 Å². The van der Waals surface area contributed by atoms with E-state index in [2.05, 4.69) is 5.32 Å². The zero-order valence-electron chi connectivity index (χ0n) is 10.6. The highest BCUT2D eigenvalue weighted by molar-refractivity contribution is 5.91. The highest BCUT2D eigenvalue weighted by Crippen LogP contribution is 2.39. The Kier molecular flexibility index (Phi) is 3.41. The second-order valence-electron chi connectivity index (χ2n) is 4.42. The number of esters is 1. The molecule has 5 heteroatoms. The molecule has 98 valence electrons. The summed E-state index contributed by atoms with van der Waals surface area (Å²) in [4.78, 5) is 23.7. The molecule has 1 aromatic heterocycles. The first-order chi connectivity index (χ1) is 8.64. The van der Waals surface area contributed by atoms with Crippen LogP contribution in [0.1, 0.15) is 32.4 Å². The van der Waals surface area contributed by atoms with Crippen LogP contribution >= 0.6 is 0 Å². The largest absolute Gasteiger partial charge is 0.469 e. The molecule has 2 unspecified atom stereocenters. The predicted molar refractivity (Wildman–Crippen MR) is 63.9 cm³/mol. The molecule has 0 aliphatic carbocycles. The Morgan fingerprint density at radius 3 is 2.94 bits per heavy atom. The van der Waals surface area contributed by atoms with Crippen LogP contribution in [0.15, 0.2) is 22.8 Å². The van der Waals surface area contributed by atoms with E-state index in [0.29, 0.717) is 18.8 Å². The van der Waals surface area contributed by atoms with Crippen LogP contribution in [-0.4, -0.2) is 24.5 Å². The van der Waals surface area contributed by atoms with E-state index in [0.717, 1.165) is 0 Å². The van der Waals surface area contributed by atoms with E-state index < -0.39 is 17.4 Å². The predicted octanol–water partition coefficient (Wildman–Crippen LogP) is 1.38. The third kappa shape index (κ3) is 1.89. The van der Waals surface area contributed by atoms with Crippen LogP contribution < -0.4 is 5.32 Å². The number of amides is 1. The summed E-state index contributed by atoms with van der Waals surface area (Å²) >= 11 is 0. The Hall–Kier alpha value is -1.78. The third-order valence-corrected chi connectivity index (χ3v) is 3.50. The lowest BCUT2D eigenvalue weighted by molar-refractivity contribution is -0.147. The lowest BCUT2D eigenvalue weighted by atomic mass is 9.75. The fraction of sp³-hybridized carbons (Fsp3) is 0.538. The molecular formula is C13H17NO4. The lowest BCUT2D eigenvalue weighted by Gasteiger charge is -2.29. The minimum atomic E-state index is -0.666. The standard InChI is InChI=1S/C13H17NO4/c1-3-13(9-6-5-7-18-9)8-10(15)14-11(13)12(16)17-4-2/h5-7,11H,3-4,8H2,1-2H3,(H,14,15). The van der Waals surface area contributed by atoms with Gasteiger partial charge in [-0.05, 0) is 25.5 Å². The summed E-state index contributed by atoms with van der Waals surface area (Å²) < 4.78 is 10.5. The maximum Gasteiger partial charge on any atom is 0.329 e. The molecule has 2 rings (SSSR count). The van der Waals surface area contributed by atoms with Crippen molar-refractivity contribution >= 4 is 11.9 Å². The zero-order valence-corrected chi connectivity index (χ0v) is 10.6. The van der Waals surface area contributed by atoms with Crippen molar-refractivity contribution in [1.82, 2.24) is 5.32 Å². The van der Waals surface area contributed by atoms with Crippen LogP contribution in [0.2, 0.25) is 0 Å². The van der Waals surface area contributed by atoms with Gasteiger partial charge in [-0.1, -0.05) is 6.92 Å². The van der Waals surface area contributed by atoms with Gasteiger partial charge in [0.05, 0.1) is 18.3 Å². The van der Waals surface area contributed by atoms with Crippen LogP contribution in [-0.2, 0) is 19.7 Å². The fourth-order valence-corrected chi connectivity index (χ4v) is 2.54. The first kappa shape index (κ1) is 12.7. The van der Waals surface area contributed by atoms with Crippen molar-refractivity contribution < 1.29 is 18.7 Å². The van der Waals surface area contributed by atoms with Gasteiger partial charge in [-0.2, -0.15) is 0 Å². The van der Waals surface area contributed by atoms with Gasteiger partial charge in [0.25, 0.3) is 0 Å². The second-order valence-corrected chi connectivity index (χ2v) is 4.42. The highest BCUT2D eigenvalue weighted by atomic mass is 16.5. The maximum absolute atomic E-state index is 12.0. The molecule has 1 saturated heterocycles. The minimum Gasteiger partial charge on any atom is -0.469 e. The van der Waals surface area contributed by atoms with Crippen molar-refractivity contribution in [3.63, 3.8) is 0 Å². The SMILES string of the molecule is CCOC(=O)C1NC(=O)CC1(CC)c1ccco1. The third-order valence-electron chi connectivity index (χ3n) is 3.50. The van der Waals surface area contributed by atoms with Crippen LogP contribution in [0.4, 0.5) is 0 Å². The quantitative estimate of drug-likeness (QED) is 0.821. The number of furan rings is 1. The van der Waals surface area contributed by atoms with Crippen LogP contribution in [0.25, 0.3) is 0 Å². The summed E-state index contributed by atoms with van der Waals surface area (Å²) in [6.45, 7) is 3.98. The molecule has 1 aliphatic rings. The van der Waals surface area contributed by atoms with Gasteiger partial charge in [0, 0.05) is 6.42 Å². The summed E-state index contributed by atoms with van der Waals surface area (Å²) in [6, 6.07) is 2.90. The number of rotatable bonds is 4. The van der Waals surface area contributed by atoms with Crippen LogP contribution in [0.3, 0.4) is 0 Å². The van der Waals surface area contributed by atoms with Gasteiger partial charge in [0.2, 0.25) is 5.91 Å². The van der Waals surface area contributed by atoms with E-state index in [1.165, 1.54) is 0 Å². The summed E-state index contributed by atoms with van der Waals surface area (Å²) in [5.74, 6) is 0.106. The van der Waals surface area contributed by atoms with E-state index in [4.69, 9.17) is 9.15 Å². The van der Waals surface area contributed by atoms with Crippen molar-refractivity contribution in [1.29, 1.82) is 0 Å². The molecule has 0 spiro atoms. The molecule has 0 bridgehead atoms. The Bertz CT molecular complexity index is 440. The van der Waals surface area contributed by atoms with E-state index in [-0.39, 0.29) is 12.3 Å². The molecule has 5 nitrogen and oxygen atoms in total. The molecular weight excluding hydrogens is 234 g/mol. The van der Waals surface area contributed by atoms with Crippen molar-refractivity contribution in [2.24, 2.45) is 0 Å². The molecule has 2 heterocycles. The topological polar surface area (TPSA) is 68.5 Å². The molecule has 0 saturated carbocycles. The Balaban J connectivity index is 2.37. The second kappa shape index (κ2) is 4.84. The average molecular weight is 251 g/mol. The van der Waals surface area contributed by atoms with Gasteiger partial charge in [0.1, 0.15) is 11.8 Å². The molecule has 0 aromatic carbocycles. The number of carbonyl (C=O) groups excluding carboxylic acids is 2. The first-order valence-corrected chi connectivity index (χ1v) is 6.14. The average Bonchev–Trinajstić information content (AvgIpc) is 2.96. The van der Waals surface area contributed by atoms with Gasteiger partial charge in [-0.15, -0.1) is 0 Å². The number of carbonyl (C=O) groups is 2. The Morgan fingerprint density at radius 1 is 1.61 bits per heavy atom. The zero-order chi connectivity index (χ0) is 13.2. The smallest absolute Gasteiger partial charge is 0.329 e. The molecule has 1 amide bonds. The van der Waals surface area contributed by atoms with Gasteiger partial charge < -0.3 is 14.5 Å². The summed E-state index contributed by atoms with van der Waals surface area (Å²) in [7, 11) is 0. The number of nitrogens with one attached hydrogen (secondary N) is 1. The van der Waals surface area contributed by atoms with Crippen molar-refractivity contribution in [3.8, 4) is 0 Å². The summed E-state index contributed by atoms with van der Waals surface area (Å²) in [5, 5.41) is 2.70. The number of ether oxygens (including phenoxy) is 1. The molecule has 1 fully saturated rings. The molecule has 1 aliphatic heterocycles. The van der Waals surface area contributed by atoms with E-state index in [1.54, 1.807) is 25.3 Å². The number of hydrogen-bond acceptors (Lipinski definition) is 4. The lowest BCUT2D eigenvalue weighted by Crippen LogP contribution is -2.47. The van der Waals surface area contributed by atoms with Crippen LogP contribution in [0.5, 0.6) is 0 Å². The van der Waals surface area contributed by atoms with E-state index in [9.17, 15) is 9.59 Å². The van der Waals surface area contributed by atoms with E-state index >= 15 is 0 Å². The fourth-order valence-electron chi connectivity index (χ4n) is 2.54. The highest BCUT2D eigenvalue weighted by Gasteiger charge is 2.53. The van der Waals surface area contributed by atoms with Gasteiger partial charge in [-0.25, -0.2) is 4.79 Å². The minimum absolute atomic E-state index is 0.147. The maximum atomic E-state index is 12.0. The molecule has 18 heavy (non-hydrogen) atoms. The van der Waals surface area contributed by atoms with Crippen molar-refractivity contribution in [2.45, 2.75) is 38.1 Å². The molecule has 1 N–H and O–H groups in total. The van der Waals surface area contributed by atoms with Gasteiger partial charge >= 0.3 is 5.97 Å². The Morgan fingerprint density at radius 2 is 2.39 bits per heavy atom. The van der Waals surface area contributed by atoms with Gasteiger partial charge in [0.15, 0.2) is 0 Å². The molecule has 1 aromatic rings. The molecule has 0 radical (unpaired) electrons. The first-order valence-electron chi connectivity index (χ1n) is 6.14. The summed E-state index contributed by atoms with van der Waals surface area (Å²) in [5.41, 5.74) is -0.632. The molecule has 2 atom stereocenters. The monoisotopic (exact) mass is 251 g/mol. The van der Waals surface area contributed by atoms with E-state index in [1.807, 2.05) is 6.92 Å². The normalized spacial score (nSPS) is 27.0. The van der Waals surface area contributed by atoms with Crippen molar-refractivity contribution in [2.75, 3.05) is 6.61 Å². The van der Waals surface area contributed by atoms with Gasteiger partial charge in [-0.3, -0.25) is 4.79 Å².